The summed E-state index contributed by atoms with van der Waals surface area (Å²) in [5, 5.41) is 44.2. The number of Topliss-reactive ketones (excluding diaryl/α,β-unsaturated/α-hetero) is 1. The van der Waals surface area contributed by atoms with Crippen LogP contribution in [-0.4, -0.2) is 94.5 Å². The molecule has 0 unspecified atom stereocenters. The molecule has 2 aromatic rings. The number of benzene rings is 2. The van der Waals surface area contributed by atoms with Crippen molar-refractivity contribution in [2.24, 2.45) is 5.73 Å². The minimum absolute atomic E-state index is 0.0409. The Morgan fingerprint density at radius 2 is 1.82 bits per heavy atom. The second-order valence-corrected chi connectivity index (χ2v) is 12.1. The number of hydrogen-bond acceptors (Lipinski definition) is 13. The topological polar surface area (TPSA) is 204 Å². The van der Waals surface area contributed by atoms with Crippen LogP contribution in [0.5, 0.6) is 17.2 Å². The Bertz CT molecular complexity index is 1520. The fourth-order valence-electron chi connectivity index (χ4n) is 6.95. The molecule has 2 aliphatic heterocycles. The highest BCUT2D eigenvalue weighted by Crippen LogP contribution is 2.52. The summed E-state index contributed by atoms with van der Waals surface area (Å²) < 4.78 is 29.5. The van der Waals surface area contributed by atoms with E-state index >= 15 is 0 Å². The van der Waals surface area contributed by atoms with E-state index in [1.54, 1.807) is 6.92 Å². The van der Waals surface area contributed by atoms with Crippen molar-refractivity contribution in [3.05, 3.63) is 51.6 Å². The SMILES string of the molecule is COc1cccc2c1C(=O)c1c(O)c3c(c(O)c1C2=O)C[C@](O)(C(=O)CO)C[C@H]3O[C@@H]1C[C@@H](N)[C@@H](O[C@H]2CCCCO2)[C@@H](C)O1. The van der Waals surface area contributed by atoms with Gasteiger partial charge < -0.3 is 49.8 Å². The minimum Gasteiger partial charge on any atom is -0.507 e. The van der Waals surface area contributed by atoms with Gasteiger partial charge in [0.15, 0.2) is 24.1 Å². The quantitative estimate of drug-likeness (QED) is 0.236. The second-order valence-electron chi connectivity index (χ2n) is 12.1. The molecule has 2 aromatic carbocycles. The zero-order valence-corrected chi connectivity index (χ0v) is 25.0. The summed E-state index contributed by atoms with van der Waals surface area (Å²) in [5.41, 5.74) is 2.98. The molecule has 0 saturated carbocycles. The molecule has 2 heterocycles. The van der Waals surface area contributed by atoms with Crippen LogP contribution in [0.4, 0.5) is 0 Å². The Labute approximate surface area is 258 Å². The first-order valence-corrected chi connectivity index (χ1v) is 15.1. The molecular weight excluding hydrogens is 590 g/mol. The molecular formula is C32H37NO12. The van der Waals surface area contributed by atoms with Crippen molar-refractivity contribution >= 4 is 17.3 Å². The Kier molecular flexibility index (Phi) is 8.46. The zero-order valence-electron chi connectivity index (χ0n) is 25.0. The molecule has 6 rings (SSSR count). The highest BCUT2D eigenvalue weighted by molar-refractivity contribution is 6.31. The monoisotopic (exact) mass is 627 g/mol. The van der Waals surface area contributed by atoms with Crippen molar-refractivity contribution in [3.63, 3.8) is 0 Å². The maximum absolute atomic E-state index is 13.8. The van der Waals surface area contributed by atoms with Crippen molar-refractivity contribution in [1.82, 2.24) is 0 Å². The van der Waals surface area contributed by atoms with Gasteiger partial charge in [-0.1, -0.05) is 12.1 Å². The van der Waals surface area contributed by atoms with Crippen LogP contribution >= 0.6 is 0 Å². The van der Waals surface area contributed by atoms with Gasteiger partial charge in [-0.15, -0.1) is 0 Å². The third-order valence-electron chi connectivity index (χ3n) is 9.22. The van der Waals surface area contributed by atoms with Gasteiger partial charge in [0.2, 0.25) is 5.78 Å². The van der Waals surface area contributed by atoms with Crippen LogP contribution in [0, 0.1) is 0 Å². The van der Waals surface area contributed by atoms with E-state index in [9.17, 15) is 34.8 Å². The molecule has 2 aliphatic carbocycles. The predicted molar refractivity (Wildman–Crippen MR) is 154 cm³/mol. The van der Waals surface area contributed by atoms with Crippen LogP contribution in [0.25, 0.3) is 0 Å². The van der Waals surface area contributed by atoms with Gasteiger partial charge in [-0.2, -0.15) is 0 Å². The third kappa shape index (κ3) is 5.31. The lowest BCUT2D eigenvalue weighted by Gasteiger charge is -2.43. The predicted octanol–water partition coefficient (Wildman–Crippen LogP) is 1.55. The lowest BCUT2D eigenvalue weighted by Crippen LogP contribution is -2.55. The summed E-state index contributed by atoms with van der Waals surface area (Å²) in [6.07, 6.45) is -2.03. The van der Waals surface area contributed by atoms with Gasteiger partial charge in [-0.25, -0.2) is 0 Å². The largest absolute Gasteiger partial charge is 0.507 e. The van der Waals surface area contributed by atoms with E-state index in [0.29, 0.717) is 6.61 Å². The maximum atomic E-state index is 13.8. The van der Waals surface area contributed by atoms with Crippen LogP contribution in [-0.2, 0) is 30.2 Å². The Morgan fingerprint density at radius 1 is 1.07 bits per heavy atom. The second kappa shape index (κ2) is 12.1. The van der Waals surface area contributed by atoms with Crippen molar-refractivity contribution in [3.8, 4) is 17.2 Å². The lowest BCUT2D eigenvalue weighted by atomic mass is 9.72. The number of ether oxygens (including phenoxy) is 5. The number of aliphatic hydroxyl groups is 2. The Balaban J connectivity index is 1.38. The fourth-order valence-corrected chi connectivity index (χ4v) is 6.95. The van der Waals surface area contributed by atoms with Gasteiger partial charge in [0.1, 0.15) is 35.6 Å². The van der Waals surface area contributed by atoms with Crippen molar-refractivity contribution in [2.45, 2.75) is 88.0 Å². The van der Waals surface area contributed by atoms with E-state index in [4.69, 9.17) is 29.4 Å². The molecule has 2 saturated heterocycles. The molecule has 242 valence electrons. The fraction of sp³-hybridized carbons (Fsp3) is 0.531. The summed E-state index contributed by atoms with van der Waals surface area (Å²) in [6.45, 7) is 1.35. The number of phenols is 2. The lowest BCUT2D eigenvalue weighted by molar-refractivity contribution is -0.281. The molecule has 0 radical (unpaired) electrons. The number of ketones is 3. The zero-order chi connectivity index (χ0) is 32.2. The molecule has 0 bridgehead atoms. The molecule has 0 amide bonds. The van der Waals surface area contributed by atoms with Crippen molar-refractivity contribution in [1.29, 1.82) is 0 Å². The van der Waals surface area contributed by atoms with Gasteiger partial charge in [-0.05, 0) is 32.3 Å². The number of fused-ring (bicyclic) bond motifs is 3. The molecule has 45 heavy (non-hydrogen) atoms. The number of phenolic OH excluding ortho intramolecular Hbond substituents is 2. The van der Waals surface area contributed by atoms with Crippen LogP contribution in [0.3, 0.4) is 0 Å². The van der Waals surface area contributed by atoms with Gasteiger partial charge in [0, 0.05) is 48.6 Å². The Morgan fingerprint density at radius 3 is 2.49 bits per heavy atom. The number of aliphatic hydroxyl groups excluding tert-OH is 1. The molecule has 6 N–H and O–H groups in total. The number of hydrogen-bond donors (Lipinski definition) is 5. The molecule has 4 aliphatic rings. The van der Waals surface area contributed by atoms with Gasteiger partial charge in [0.05, 0.1) is 36.0 Å². The average molecular weight is 628 g/mol. The molecule has 2 fully saturated rings. The molecule has 13 nitrogen and oxygen atoms in total. The smallest absolute Gasteiger partial charge is 0.202 e. The highest BCUT2D eigenvalue weighted by atomic mass is 16.7. The molecule has 7 atom stereocenters. The maximum Gasteiger partial charge on any atom is 0.202 e. The normalized spacial score (nSPS) is 31.1. The van der Waals surface area contributed by atoms with Crippen molar-refractivity contribution < 1.29 is 58.5 Å². The summed E-state index contributed by atoms with van der Waals surface area (Å²) in [7, 11) is 1.34. The number of nitrogens with two attached hydrogens (primary N) is 1. The Hall–Kier alpha value is -3.43. The minimum atomic E-state index is -2.24. The number of methoxy groups -OCH3 is 1. The molecule has 13 heteroatoms. The van der Waals surface area contributed by atoms with E-state index in [-0.39, 0.29) is 34.4 Å². The van der Waals surface area contributed by atoms with Crippen LogP contribution in [0.1, 0.15) is 88.1 Å². The molecule has 0 spiro atoms. The standard InChI is InChI=1S/C32H37NO12/c1-14-31(45-21-8-3-4-9-42-21)17(33)10-22(43-14)44-19-12-32(40,20(35)13-34)11-16-24(19)30(39)26-25(28(16)37)27(36)15-6-5-7-18(41-2)23(15)29(26)38/h5-7,14,17,19,21-22,31,34,37,39-40H,3-4,8-13,33H2,1-2H3/t14-,17-,19-,21+,22-,31+,32-/m1/s1. The number of rotatable bonds is 7. The molecule has 0 aromatic heterocycles. The summed E-state index contributed by atoms with van der Waals surface area (Å²) >= 11 is 0. The first-order chi connectivity index (χ1) is 21.5. The number of aromatic hydroxyl groups is 2. The summed E-state index contributed by atoms with van der Waals surface area (Å²) in [6, 6.07) is 3.86. The summed E-state index contributed by atoms with van der Waals surface area (Å²) in [4.78, 5) is 40.2. The van der Waals surface area contributed by atoms with Gasteiger partial charge in [-0.3, -0.25) is 14.4 Å². The van der Waals surface area contributed by atoms with Crippen LogP contribution in [0.2, 0.25) is 0 Å². The first-order valence-electron chi connectivity index (χ1n) is 15.1. The van der Waals surface area contributed by atoms with E-state index in [2.05, 4.69) is 0 Å². The van der Waals surface area contributed by atoms with E-state index in [1.165, 1.54) is 25.3 Å². The number of carbonyl (C=O) groups excluding carboxylic acids is 3. The van der Waals surface area contributed by atoms with E-state index < -0.39 is 102 Å². The van der Waals surface area contributed by atoms with Gasteiger partial charge >= 0.3 is 0 Å². The van der Waals surface area contributed by atoms with E-state index in [0.717, 1.165) is 19.3 Å². The van der Waals surface area contributed by atoms with Gasteiger partial charge in [0.25, 0.3) is 0 Å². The van der Waals surface area contributed by atoms with Crippen molar-refractivity contribution in [2.75, 3.05) is 20.3 Å². The number of carbonyl (C=O) groups is 3. The summed E-state index contributed by atoms with van der Waals surface area (Å²) in [5.74, 6) is -3.67. The van der Waals surface area contributed by atoms with Crippen LogP contribution in [0.15, 0.2) is 18.2 Å². The third-order valence-corrected chi connectivity index (χ3v) is 9.22. The van der Waals surface area contributed by atoms with Crippen LogP contribution < -0.4 is 10.5 Å². The van der Waals surface area contributed by atoms with E-state index in [1.807, 2.05) is 0 Å². The first kappa shape index (κ1) is 31.5. The average Bonchev–Trinajstić information content (AvgIpc) is 3.02. The highest BCUT2D eigenvalue weighted by Gasteiger charge is 2.50.